The van der Waals surface area contributed by atoms with E-state index in [1.807, 2.05) is 4.90 Å². The van der Waals surface area contributed by atoms with Crippen molar-refractivity contribution in [3.63, 3.8) is 0 Å². The second-order valence-electron chi connectivity index (χ2n) is 7.64. The maximum Gasteiger partial charge on any atom is 0.416 e. The second kappa shape index (κ2) is 8.49. The van der Waals surface area contributed by atoms with Gasteiger partial charge in [0.05, 0.1) is 5.56 Å². The number of anilines is 2. The molecular formula is C21H24F3N5O. The van der Waals surface area contributed by atoms with Gasteiger partial charge in [-0.05, 0) is 37.5 Å². The molecule has 0 spiro atoms. The highest BCUT2D eigenvalue weighted by molar-refractivity contribution is 5.93. The molecule has 2 aliphatic rings. The van der Waals surface area contributed by atoms with Gasteiger partial charge in [-0.3, -0.25) is 4.79 Å². The summed E-state index contributed by atoms with van der Waals surface area (Å²) < 4.78 is 38.9. The molecule has 4 rings (SSSR count). The Morgan fingerprint density at radius 2 is 1.60 bits per heavy atom. The van der Waals surface area contributed by atoms with Crippen LogP contribution in [0, 0.1) is 0 Å². The van der Waals surface area contributed by atoms with E-state index in [0.717, 1.165) is 43.9 Å². The average molecular weight is 419 g/mol. The Bertz CT molecular complexity index is 890. The van der Waals surface area contributed by atoms with E-state index in [-0.39, 0.29) is 5.91 Å². The Kier molecular flexibility index (Phi) is 5.78. The molecule has 0 bridgehead atoms. The minimum Gasteiger partial charge on any atom is -0.368 e. The lowest BCUT2D eigenvalue weighted by Crippen LogP contribution is -2.49. The molecule has 6 nitrogen and oxygen atoms in total. The van der Waals surface area contributed by atoms with Crippen LogP contribution in [0.4, 0.5) is 24.7 Å². The summed E-state index contributed by atoms with van der Waals surface area (Å²) in [6, 6.07) is 7.05. The van der Waals surface area contributed by atoms with Crippen molar-refractivity contribution in [1.82, 2.24) is 14.9 Å². The number of benzene rings is 1. The van der Waals surface area contributed by atoms with Crippen LogP contribution in [-0.4, -0.2) is 60.0 Å². The second-order valence-corrected chi connectivity index (χ2v) is 7.64. The molecule has 2 saturated heterocycles. The van der Waals surface area contributed by atoms with E-state index in [2.05, 4.69) is 14.9 Å². The van der Waals surface area contributed by atoms with Gasteiger partial charge in [0.25, 0.3) is 5.91 Å². The van der Waals surface area contributed by atoms with E-state index < -0.39 is 11.7 Å². The monoisotopic (exact) mass is 419 g/mol. The van der Waals surface area contributed by atoms with Crippen molar-refractivity contribution in [3.8, 4) is 0 Å². The molecule has 30 heavy (non-hydrogen) atoms. The quantitative estimate of drug-likeness (QED) is 0.763. The van der Waals surface area contributed by atoms with Crippen molar-refractivity contribution in [2.45, 2.75) is 25.4 Å². The SMILES string of the molecule is O=C(c1cc(N2CCCCC2)ncn1)N1CCN(c2cccc(C(F)(F)F)c2)CC1. The van der Waals surface area contributed by atoms with Crippen molar-refractivity contribution >= 4 is 17.4 Å². The van der Waals surface area contributed by atoms with Gasteiger partial charge < -0.3 is 14.7 Å². The van der Waals surface area contributed by atoms with E-state index in [9.17, 15) is 18.0 Å². The Hall–Kier alpha value is -2.84. The van der Waals surface area contributed by atoms with Crippen molar-refractivity contribution in [1.29, 1.82) is 0 Å². The number of aromatic nitrogens is 2. The average Bonchev–Trinajstić information content (AvgIpc) is 2.79. The Morgan fingerprint density at radius 1 is 0.867 bits per heavy atom. The summed E-state index contributed by atoms with van der Waals surface area (Å²) in [7, 11) is 0. The fraction of sp³-hybridized carbons (Fsp3) is 0.476. The van der Waals surface area contributed by atoms with Crippen LogP contribution < -0.4 is 9.80 Å². The smallest absolute Gasteiger partial charge is 0.368 e. The number of hydrogen-bond acceptors (Lipinski definition) is 5. The standard InChI is InChI=1S/C21H24F3N5O/c22-21(23,24)16-5-4-6-17(13-16)27-9-11-29(12-10-27)20(30)18-14-19(26-15-25-18)28-7-2-1-3-8-28/h4-6,13-15H,1-3,7-12H2. The van der Waals surface area contributed by atoms with Crippen LogP contribution in [0.3, 0.4) is 0 Å². The van der Waals surface area contributed by atoms with Crippen molar-refractivity contribution in [2.75, 3.05) is 49.1 Å². The van der Waals surface area contributed by atoms with Crippen LogP contribution in [0.15, 0.2) is 36.7 Å². The number of rotatable bonds is 3. The topological polar surface area (TPSA) is 52.6 Å². The molecule has 9 heteroatoms. The normalized spacial score (nSPS) is 17.9. The van der Waals surface area contributed by atoms with Crippen LogP contribution >= 0.6 is 0 Å². The lowest BCUT2D eigenvalue weighted by atomic mass is 10.1. The Morgan fingerprint density at radius 3 is 2.30 bits per heavy atom. The summed E-state index contributed by atoms with van der Waals surface area (Å²) in [5.41, 5.74) is 0.217. The van der Waals surface area contributed by atoms with Crippen LogP contribution in [0.2, 0.25) is 0 Å². The number of nitrogens with zero attached hydrogens (tertiary/aromatic N) is 5. The first-order valence-electron chi connectivity index (χ1n) is 10.2. The summed E-state index contributed by atoms with van der Waals surface area (Å²) in [6.45, 7) is 3.66. The van der Waals surface area contributed by atoms with E-state index in [4.69, 9.17) is 0 Å². The van der Waals surface area contributed by atoms with Gasteiger partial charge in [0, 0.05) is 51.0 Å². The van der Waals surface area contributed by atoms with Crippen LogP contribution in [-0.2, 0) is 6.18 Å². The molecule has 0 atom stereocenters. The summed E-state index contributed by atoms with van der Waals surface area (Å²) in [5, 5.41) is 0. The third kappa shape index (κ3) is 4.49. The van der Waals surface area contributed by atoms with Gasteiger partial charge in [0.15, 0.2) is 0 Å². The van der Waals surface area contributed by atoms with E-state index in [0.29, 0.717) is 37.6 Å². The fourth-order valence-corrected chi connectivity index (χ4v) is 3.97. The zero-order valence-corrected chi connectivity index (χ0v) is 16.6. The molecule has 0 unspecified atom stereocenters. The molecule has 3 heterocycles. The first kappa shape index (κ1) is 20.4. The van der Waals surface area contributed by atoms with Gasteiger partial charge in [-0.1, -0.05) is 6.07 Å². The van der Waals surface area contributed by atoms with Gasteiger partial charge in [-0.15, -0.1) is 0 Å². The Labute approximate surface area is 173 Å². The number of hydrogen-bond donors (Lipinski definition) is 0. The van der Waals surface area contributed by atoms with E-state index >= 15 is 0 Å². The summed E-state index contributed by atoms with van der Waals surface area (Å²) in [5.74, 6) is 0.606. The molecular weight excluding hydrogens is 395 g/mol. The van der Waals surface area contributed by atoms with Gasteiger partial charge in [-0.2, -0.15) is 13.2 Å². The van der Waals surface area contributed by atoms with Gasteiger partial charge in [0.1, 0.15) is 17.8 Å². The minimum absolute atomic E-state index is 0.167. The van der Waals surface area contributed by atoms with E-state index in [1.165, 1.54) is 18.8 Å². The van der Waals surface area contributed by atoms with Gasteiger partial charge in [-0.25, -0.2) is 9.97 Å². The lowest BCUT2D eigenvalue weighted by Gasteiger charge is -2.36. The van der Waals surface area contributed by atoms with Crippen LogP contribution in [0.25, 0.3) is 0 Å². The molecule has 0 saturated carbocycles. The van der Waals surface area contributed by atoms with Crippen LogP contribution in [0.5, 0.6) is 0 Å². The zero-order chi connectivity index (χ0) is 21.1. The van der Waals surface area contributed by atoms with E-state index in [1.54, 1.807) is 17.0 Å². The lowest BCUT2D eigenvalue weighted by molar-refractivity contribution is -0.137. The van der Waals surface area contributed by atoms with Crippen LogP contribution in [0.1, 0.15) is 35.3 Å². The number of piperazine rings is 1. The number of carbonyl (C=O) groups is 1. The van der Waals surface area contributed by atoms with Crippen molar-refractivity contribution < 1.29 is 18.0 Å². The largest absolute Gasteiger partial charge is 0.416 e. The predicted molar refractivity (Wildman–Crippen MR) is 108 cm³/mol. The molecule has 2 aliphatic heterocycles. The third-order valence-corrected chi connectivity index (χ3v) is 5.66. The number of amides is 1. The maximum absolute atomic E-state index is 13.0. The summed E-state index contributed by atoms with van der Waals surface area (Å²) in [4.78, 5) is 27.1. The molecule has 1 amide bonds. The molecule has 1 aromatic carbocycles. The highest BCUT2D eigenvalue weighted by Crippen LogP contribution is 2.32. The third-order valence-electron chi connectivity index (χ3n) is 5.66. The van der Waals surface area contributed by atoms with Crippen molar-refractivity contribution in [2.24, 2.45) is 0 Å². The summed E-state index contributed by atoms with van der Waals surface area (Å²) >= 11 is 0. The highest BCUT2D eigenvalue weighted by Gasteiger charge is 2.31. The molecule has 2 fully saturated rings. The Balaban J connectivity index is 1.40. The first-order valence-corrected chi connectivity index (χ1v) is 10.2. The summed E-state index contributed by atoms with van der Waals surface area (Å²) in [6.07, 6.45) is 0.502. The number of piperidine rings is 1. The number of alkyl halides is 3. The zero-order valence-electron chi connectivity index (χ0n) is 16.6. The minimum atomic E-state index is -4.37. The van der Waals surface area contributed by atoms with Gasteiger partial charge in [0.2, 0.25) is 0 Å². The maximum atomic E-state index is 13.0. The molecule has 1 aromatic heterocycles. The molecule has 160 valence electrons. The fourth-order valence-electron chi connectivity index (χ4n) is 3.97. The molecule has 2 aromatic rings. The molecule has 0 N–H and O–H groups in total. The predicted octanol–water partition coefficient (Wildman–Crippen LogP) is 3.45. The van der Waals surface area contributed by atoms with Crippen molar-refractivity contribution in [3.05, 3.63) is 47.9 Å². The highest BCUT2D eigenvalue weighted by atomic mass is 19.4. The number of carbonyl (C=O) groups excluding carboxylic acids is 1. The number of halogens is 3. The van der Waals surface area contributed by atoms with Gasteiger partial charge >= 0.3 is 6.18 Å². The molecule has 0 aliphatic carbocycles. The first-order chi connectivity index (χ1) is 14.4. The molecule has 0 radical (unpaired) electrons.